The number of nitro benzene ring substituents is 1. The summed E-state index contributed by atoms with van der Waals surface area (Å²) in [6, 6.07) is 19.8. The Hall–Kier alpha value is -3.41. The van der Waals surface area contributed by atoms with Crippen LogP contribution in [0.25, 0.3) is 11.3 Å². The SMILES string of the molecule is O=[N+]([O-])c1cccc(-c2ccc(/C=N\NCc3ccccc3)o2)c1. The zero-order valence-electron chi connectivity index (χ0n) is 12.8. The summed E-state index contributed by atoms with van der Waals surface area (Å²) in [6.07, 6.45) is 1.57. The second kappa shape index (κ2) is 7.23. The highest BCUT2D eigenvalue weighted by Crippen LogP contribution is 2.25. The molecule has 0 saturated heterocycles. The van der Waals surface area contributed by atoms with Crippen LogP contribution in [0.5, 0.6) is 0 Å². The summed E-state index contributed by atoms with van der Waals surface area (Å²) >= 11 is 0. The first-order chi connectivity index (χ1) is 11.7. The lowest BCUT2D eigenvalue weighted by Crippen LogP contribution is -2.04. The lowest BCUT2D eigenvalue weighted by atomic mass is 10.1. The number of nitro groups is 1. The molecule has 0 bridgehead atoms. The van der Waals surface area contributed by atoms with E-state index in [1.165, 1.54) is 12.1 Å². The average Bonchev–Trinajstić information content (AvgIpc) is 3.09. The normalized spacial score (nSPS) is 10.8. The molecule has 2 aromatic carbocycles. The van der Waals surface area contributed by atoms with E-state index in [0.29, 0.717) is 23.6 Å². The number of hydrogen-bond donors (Lipinski definition) is 1. The minimum Gasteiger partial charge on any atom is -0.455 e. The molecule has 0 fully saturated rings. The van der Waals surface area contributed by atoms with Crippen LogP contribution in [0, 0.1) is 10.1 Å². The topological polar surface area (TPSA) is 80.7 Å². The fourth-order valence-corrected chi connectivity index (χ4v) is 2.19. The van der Waals surface area contributed by atoms with Gasteiger partial charge < -0.3 is 9.84 Å². The van der Waals surface area contributed by atoms with E-state index in [0.717, 1.165) is 5.56 Å². The van der Waals surface area contributed by atoms with E-state index in [9.17, 15) is 10.1 Å². The molecule has 0 atom stereocenters. The van der Waals surface area contributed by atoms with Crippen molar-refractivity contribution in [2.45, 2.75) is 6.54 Å². The van der Waals surface area contributed by atoms with Crippen LogP contribution in [0.4, 0.5) is 5.69 Å². The molecule has 6 heteroatoms. The molecule has 120 valence electrons. The van der Waals surface area contributed by atoms with E-state index in [1.807, 2.05) is 30.3 Å². The highest BCUT2D eigenvalue weighted by molar-refractivity contribution is 5.77. The van der Waals surface area contributed by atoms with E-state index >= 15 is 0 Å². The number of nitrogens with one attached hydrogen (secondary N) is 1. The molecule has 1 heterocycles. The lowest BCUT2D eigenvalue weighted by molar-refractivity contribution is -0.384. The van der Waals surface area contributed by atoms with Crippen LogP contribution >= 0.6 is 0 Å². The molecule has 0 saturated carbocycles. The minimum atomic E-state index is -0.428. The van der Waals surface area contributed by atoms with E-state index in [-0.39, 0.29) is 5.69 Å². The van der Waals surface area contributed by atoms with Gasteiger partial charge in [0.1, 0.15) is 11.5 Å². The van der Waals surface area contributed by atoms with Gasteiger partial charge in [-0.2, -0.15) is 5.10 Å². The van der Waals surface area contributed by atoms with Crippen molar-refractivity contribution in [2.24, 2.45) is 5.10 Å². The molecule has 3 rings (SSSR count). The average molecular weight is 321 g/mol. The lowest BCUT2D eigenvalue weighted by Gasteiger charge is -1.99. The number of hydrazone groups is 1. The molecule has 24 heavy (non-hydrogen) atoms. The third-order valence-electron chi connectivity index (χ3n) is 3.38. The first-order valence-electron chi connectivity index (χ1n) is 7.37. The third kappa shape index (κ3) is 3.86. The van der Waals surface area contributed by atoms with Crippen molar-refractivity contribution in [1.82, 2.24) is 5.43 Å². The zero-order valence-corrected chi connectivity index (χ0v) is 12.8. The Morgan fingerprint density at radius 1 is 1.08 bits per heavy atom. The maximum Gasteiger partial charge on any atom is 0.270 e. The van der Waals surface area contributed by atoms with Crippen molar-refractivity contribution in [3.05, 3.63) is 88.2 Å². The van der Waals surface area contributed by atoms with Crippen LogP contribution in [0.15, 0.2) is 76.2 Å². The summed E-state index contributed by atoms with van der Waals surface area (Å²) in [7, 11) is 0. The molecule has 0 radical (unpaired) electrons. The highest BCUT2D eigenvalue weighted by atomic mass is 16.6. The third-order valence-corrected chi connectivity index (χ3v) is 3.38. The summed E-state index contributed by atoms with van der Waals surface area (Å²) in [6.45, 7) is 0.621. The van der Waals surface area contributed by atoms with E-state index < -0.39 is 4.92 Å². The summed E-state index contributed by atoms with van der Waals surface area (Å²) in [5.74, 6) is 1.13. The van der Waals surface area contributed by atoms with Crippen LogP contribution in [0.2, 0.25) is 0 Å². The monoisotopic (exact) mass is 321 g/mol. The summed E-state index contributed by atoms with van der Waals surface area (Å²) in [5, 5.41) is 14.9. The first-order valence-corrected chi connectivity index (χ1v) is 7.37. The Labute approximate surface area is 138 Å². The van der Waals surface area contributed by atoms with Gasteiger partial charge in [0.25, 0.3) is 5.69 Å². The van der Waals surface area contributed by atoms with E-state index in [2.05, 4.69) is 10.5 Å². The van der Waals surface area contributed by atoms with Gasteiger partial charge in [-0.1, -0.05) is 42.5 Å². The highest BCUT2D eigenvalue weighted by Gasteiger charge is 2.09. The maximum atomic E-state index is 10.8. The van der Waals surface area contributed by atoms with Crippen molar-refractivity contribution < 1.29 is 9.34 Å². The molecular formula is C18H15N3O3. The predicted octanol–water partition coefficient (Wildman–Crippen LogP) is 3.98. The minimum absolute atomic E-state index is 0.0312. The van der Waals surface area contributed by atoms with Gasteiger partial charge in [-0.3, -0.25) is 10.1 Å². The van der Waals surface area contributed by atoms with Crippen molar-refractivity contribution in [3.63, 3.8) is 0 Å². The molecule has 0 amide bonds. The smallest absolute Gasteiger partial charge is 0.270 e. The summed E-state index contributed by atoms with van der Waals surface area (Å²) in [5.41, 5.74) is 4.76. The standard InChI is InChI=1S/C18H15N3O3/c22-21(23)16-8-4-7-15(11-16)18-10-9-17(24-18)13-20-19-12-14-5-2-1-3-6-14/h1-11,13,19H,12H2/b20-13-. The molecule has 0 aliphatic carbocycles. The van der Waals surface area contributed by atoms with Crippen LogP contribution in [-0.2, 0) is 6.54 Å². The quantitative estimate of drug-likeness (QED) is 0.423. The van der Waals surface area contributed by atoms with E-state index in [4.69, 9.17) is 4.42 Å². The predicted molar refractivity (Wildman–Crippen MR) is 91.7 cm³/mol. The second-order valence-electron chi connectivity index (χ2n) is 5.09. The zero-order chi connectivity index (χ0) is 16.8. The maximum absolute atomic E-state index is 10.8. The Morgan fingerprint density at radius 3 is 2.71 bits per heavy atom. The Kier molecular flexibility index (Phi) is 4.67. The Morgan fingerprint density at radius 2 is 1.92 bits per heavy atom. The van der Waals surface area contributed by atoms with Crippen LogP contribution < -0.4 is 5.43 Å². The van der Waals surface area contributed by atoms with Gasteiger partial charge in [-0.15, -0.1) is 0 Å². The molecular weight excluding hydrogens is 306 g/mol. The number of rotatable bonds is 6. The van der Waals surface area contributed by atoms with E-state index in [1.54, 1.807) is 30.5 Å². The number of nitrogens with zero attached hydrogens (tertiary/aromatic N) is 2. The van der Waals surface area contributed by atoms with Crippen LogP contribution in [-0.4, -0.2) is 11.1 Å². The summed E-state index contributed by atoms with van der Waals surface area (Å²) < 4.78 is 5.64. The van der Waals surface area contributed by atoms with Crippen LogP contribution in [0.1, 0.15) is 11.3 Å². The molecule has 1 N–H and O–H groups in total. The Bertz CT molecular complexity index is 857. The van der Waals surface area contributed by atoms with Gasteiger partial charge in [-0.05, 0) is 17.7 Å². The fourth-order valence-electron chi connectivity index (χ4n) is 2.19. The number of non-ortho nitro benzene ring substituents is 1. The molecule has 1 aromatic heterocycles. The number of furan rings is 1. The Balaban J connectivity index is 1.64. The molecule has 0 aliphatic heterocycles. The molecule has 0 aliphatic rings. The van der Waals surface area contributed by atoms with Gasteiger partial charge in [0, 0.05) is 17.7 Å². The number of benzene rings is 2. The van der Waals surface area contributed by atoms with Gasteiger partial charge in [-0.25, -0.2) is 0 Å². The van der Waals surface area contributed by atoms with Crippen molar-refractivity contribution in [2.75, 3.05) is 0 Å². The van der Waals surface area contributed by atoms with Crippen molar-refractivity contribution in [3.8, 4) is 11.3 Å². The summed E-state index contributed by atoms with van der Waals surface area (Å²) in [4.78, 5) is 10.4. The molecule has 6 nitrogen and oxygen atoms in total. The van der Waals surface area contributed by atoms with Gasteiger partial charge in [0.15, 0.2) is 0 Å². The van der Waals surface area contributed by atoms with Crippen molar-refractivity contribution in [1.29, 1.82) is 0 Å². The van der Waals surface area contributed by atoms with Gasteiger partial charge in [0.2, 0.25) is 0 Å². The number of hydrogen-bond acceptors (Lipinski definition) is 5. The van der Waals surface area contributed by atoms with Crippen LogP contribution in [0.3, 0.4) is 0 Å². The van der Waals surface area contributed by atoms with Crippen molar-refractivity contribution >= 4 is 11.9 Å². The molecule has 0 unspecified atom stereocenters. The van der Waals surface area contributed by atoms with Gasteiger partial charge >= 0.3 is 0 Å². The van der Waals surface area contributed by atoms with Gasteiger partial charge in [0.05, 0.1) is 17.7 Å². The second-order valence-corrected chi connectivity index (χ2v) is 5.09. The molecule has 0 spiro atoms. The largest absolute Gasteiger partial charge is 0.455 e. The molecule has 3 aromatic rings. The fraction of sp³-hybridized carbons (Fsp3) is 0.0556. The first kappa shape index (κ1) is 15.5.